The third kappa shape index (κ3) is 4.95. The van der Waals surface area contributed by atoms with E-state index in [9.17, 15) is 18.0 Å². The molecule has 4 rings (SSSR count). The molecule has 1 amide bonds. The second-order valence-electron chi connectivity index (χ2n) is 6.75. The van der Waals surface area contributed by atoms with Gasteiger partial charge in [-0.2, -0.15) is 13.2 Å². The molecular formula is C22H16F3N5O. The van der Waals surface area contributed by atoms with E-state index in [0.717, 1.165) is 17.8 Å². The van der Waals surface area contributed by atoms with Gasteiger partial charge in [0.25, 0.3) is 5.91 Å². The Morgan fingerprint density at radius 2 is 1.81 bits per heavy atom. The molecule has 0 saturated carbocycles. The van der Waals surface area contributed by atoms with Gasteiger partial charge in [0.1, 0.15) is 11.4 Å². The number of carbonyl (C=O) groups is 1. The van der Waals surface area contributed by atoms with Gasteiger partial charge >= 0.3 is 6.18 Å². The van der Waals surface area contributed by atoms with Gasteiger partial charge in [-0.1, -0.05) is 47.7 Å². The number of nitrogens with zero attached hydrogens (tertiary/aromatic N) is 4. The number of pyridine rings is 1. The molecule has 0 aliphatic rings. The lowest BCUT2D eigenvalue weighted by Crippen LogP contribution is -2.15. The fraction of sp³-hybridized carbons (Fsp3) is 0.0909. The third-order valence-electron chi connectivity index (χ3n) is 4.46. The van der Waals surface area contributed by atoms with Crippen molar-refractivity contribution >= 4 is 11.6 Å². The van der Waals surface area contributed by atoms with Crippen LogP contribution in [0, 0.1) is 0 Å². The fourth-order valence-corrected chi connectivity index (χ4v) is 2.96. The van der Waals surface area contributed by atoms with Gasteiger partial charge in [-0.05, 0) is 29.8 Å². The zero-order valence-electron chi connectivity index (χ0n) is 16.0. The van der Waals surface area contributed by atoms with Gasteiger partial charge in [-0.25, -0.2) is 4.68 Å². The molecule has 4 aromatic rings. The van der Waals surface area contributed by atoms with Crippen molar-refractivity contribution in [3.05, 3.63) is 95.9 Å². The summed E-state index contributed by atoms with van der Waals surface area (Å²) in [6.07, 6.45) is -1.81. The molecule has 6 nitrogen and oxygen atoms in total. The topological polar surface area (TPSA) is 72.7 Å². The highest BCUT2D eigenvalue weighted by molar-refractivity contribution is 6.03. The molecule has 0 saturated heterocycles. The van der Waals surface area contributed by atoms with Crippen LogP contribution < -0.4 is 5.32 Å². The number of anilines is 1. The van der Waals surface area contributed by atoms with Crippen LogP contribution in [0.3, 0.4) is 0 Å². The normalized spacial score (nSPS) is 11.3. The van der Waals surface area contributed by atoms with Crippen molar-refractivity contribution in [2.75, 3.05) is 5.32 Å². The summed E-state index contributed by atoms with van der Waals surface area (Å²) in [5, 5.41) is 10.9. The van der Waals surface area contributed by atoms with Gasteiger partial charge < -0.3 is 5.32 Å². The molecule has 0 radical (unpaired) electrons. The quantitative estimate of drug-likeness (QED) is 0.507. The van der Waals surface area contributed by atoms with Crippen molar-refractivity contribution in [1.29, 1.82) is 0 Å². The fourth-order valence-electron chi connectivity index (χ4n) is 2.96. The van der Waals surface area contributed by atoms with Gasteiger partial charge in [-0.15, -0.1) is 5.10 Å². The smallest absolute Gasteiger partial charge is 0.321 e. The molecule has 156 valence electrons. The first-order chi connectivity index (χ1) is 14.9. The van der Waals surface area contributed by atoms with Crippen LogP contribution >= 0.6 is 0 Å². The van der Waals surface area contributed by atoms with Crippen LogP contribution in [0.5, 0.6) is 0 Å². The molecular weight excluding hydrogens is 407 g/mol. The number of halogens is 3. The summed E-state index contributed by atoms with van der Waals surface area (Å²) in [6, 6.07) is 18.1. The van der Waals surface area contributed by atoms with Crippen LogP contribution in [0.25, 0.3) is 11.3 Å². The lowest BCUT2D eigenvalue weighted by atomic mass is 10.1. The Hall–Kier alpha value is -4.01. The maximum Gasteiger partial charge on any atom is 0.416 e. The van der Waals surface area contributed by atoms with Crippen LogP contribution in [-0.2, 0) is 12.7 Å². The van der Waals surface area contributed by atoms with E-state index in [1.165, 1.54) is 0 Å². The van der Waals surface area contributed by atoms with Crippen molar-refractivity contribution in [3.8, 4) is 11.3 Å². The summed E-state index contributed by atoms with van der Waals surface area (Å²) in [5.41, 5.74) is 1.52. The molecule has 0 spiro atoms. The SMILES string of the molecule is O=C(Nc1cccc(-c2cn(Cc3ccccc3)nn2)c1)c1cc(C(F)(F)F)ccn1. The number of alkyl halides is 3. The minimum absolute atomic E-state index is 0.325. The number of aromatic nitrogens is 4. The monoisotopic (exact) mass is 423 g/mol. The average molecular weight is 423 g/mol. The van der Waals surface area contributed by atoms with Gasteiger partial charge in [0.15, 0.2) is 0 Å². The predicted octanol–water partition coefficient (Wildman–Crippen LogP) is 4.66. The molecule has 0 bridgehead atoms. The zero-order chi connectivity index (χ0) is 21.8. The van der Waals surface area contributed by atoms with E-state index in [1.54, 1.807) is 35.1 Å². The van der Waals surface area contributed by atoms with Gasteiger partial charge in [0, 0.05) is 17.4 Å². The number of benzene rings is 2. The third-order valence-corrected chi connectivity index (χ3v) is 4.46. The summed E-state index contributed by atoms with van der Waals surface area (Å²) in [4.78, 5) is 16.1. The van der Waals surface area contributed by atoms with E-state index in [-0.39, 0.29) is 5.69 Å². The second-order valence-corrected chi connectivity index (χ2v) is 6.75. The van der Waals surface area contributed by atoms with Gasteiger partial charge in [0.2, 0.25) is 0 Å². The second kappa shape index (κ2) is 8.39. The van der Waals surface area contributed by atoms with Crippen LogP contribution in [0.2, 0.25) is 0 Å². The Morgan fingerprint density at radius 3 is 2.58 bits per heavy atom. The summed E-state index contributed by atoms with van der Waals surface area (Å²) < 4.78 is 40.3. The largest absolute Gasteiger partial charge is 0.416 e. The van der Waals surface area contributed by atoms with E-state index in [4.69, 9.17) is 0 Å². The lowest BCUT2D eigenvalue weighted by molar-refractivity contribution is -0.137. The molecule has 31 heavy (non-hydrogen) atoms. The summed E-state index contributed by atoms with van der Waals surface area (Å²) >= 11 is 0. The minimum Gasteiger partial charge on any atom is -0.321 e. The molecule has 9 heteroatoms. The number of carbonyl (C=O) groups excluding carboxylic acids is 1. The van der Waals surface area contributed by atoms with E-state index in [0.29, 0.717) is 29.6 Å². The number of nitrogens with one attached hydrogen (secondary N) is 1. The van der Waals surface area contributed by atoms with Crippen LogP contribution in [0.1, 0.15) is 21.6 Å². The highest BCUT2D eigenvalue weighted by atomic mass is 19.4. The first-order valence-corrected chi connectivity index (χ1v) is 9.27. The zero-order valence-corrected chi connectivity index (χ0v) is 16.0. The average Bonchev–Trinajstić information content (AvgIpc) is 3.23. The Bertz CT molecular complexity index is 1210. The van der Waals surface area contributed by atoms with Crippen LogP contribution in [-0.4, -0.2) is 25.9 Å². The molecule has 0 unspecified atom stereocenters. The van der Waals surface area contributed by atoms with Crippen molar-refractivity contribution < 1.29 is 18.0 Å². The summed E-state index contributed by atoms with van der Waals surface area (Å²) in [7, 11) is 0. The van der Waals surface area contributed by atoms with E-state index in [2.05, 4.69) is 20.6 Å². The Labute approximate surface area is 175 Å². The van der Waals surface area contributed by atoms with E-state index >= 15 is 0 Å². The molecule has 0 aliphatic heterocycles. The summed E-state index contributed by atoms with van der Waals surface area (Å²) in [6.45, 7) is 0.561. The maximum absolute atomic E-state index is 12.9. The molecule has 1 N–H and O–H groups in total. The molecule has 0 atom stereocenters. The molecule has 2 aromatic carbocycles. The van der Waals surface area contributed by atoms with Crippen molar-refractivity contribution in [2.45, 2.75) is 12.7 Å². The molecule has 0 fully saturated rings. The van der Waals surface area contributed by atoms with Crippen molar-refractivity contribution in [2.24, 2.45) is 0 Å². The Morgan fingerprint density at radius 1 is 1.00 bits per heavy atom. The number of amides is 1. The minimum atomic E-state index is -4.55. The van der Waals surface area contributed by atoms with Crippen LogP contribution in [0.4, 0.5) is 18.9 Å². The maximum atomic E-state index is 12.9. The standard InChI is InChI=1S/C22H16F3N5O/c23-22(24,25)17-9-10-26-19(12-17)21(31)27-18-8-4-7-16(11-18)20-14-30(29-28-20)13-15-5-2-1-3-6-15/h1-12,14H,13H2,(H,27,31). The highest BCUT2D eigenvalue weighted by Gasteiger charge is 2.31. The Balaban J connectivity index is 1.50. The van der Waals surface area contributed by atoms with Crippen LogP contribution in [0.15, 0.2) is 79.1 Å². The first-order valence-electron chi connectivity index (χ1n) is 9.27. The van der Waals surface area contributed by atoms with E-state index in [1.807, 2.05) is 30.3 Å². The summed E-state index contributed by atoms with van der Waals surface area (Å²) in [5.74, 6) is -0.740. The number of hydrogen-bond acceptors (Lipinski definition) is 4. The highest BCUT2D eigenvalue weighted by Crippen LogP contribution is 2.29. The van der Waals surface area contributed by atoms with E-state index < -0.39 is 17.6 Å². The predicted molar refractivity (Wildman–Crippen MR) is 108 cm³/mol. The lowest BCUT2D eigenvalue weighted by Gasteiger charge is -2.09. The first kappa shape index (κ1) is 20.3. The molecule has 2 aromatic heterocycles. The van der Waals surface area contributed by atoms with Gasteiger partial charge in [-0.3, -0.25) is 9.78 Å². The van der Waals surface area contributed by atoms with Gasteiger partial charge in [0.05, 0.1) is 18.3 Å². The van der Waals surface area contributed by atoms with Crippen molar-refractivity contribution in [1.82, 2.24) is 20.0 Å². The molecule has 0 aliphatic carbocycles. The van der Waals surface area contributed by atoms with Crippen molar-refractivity contribution in [3.63, 3.8) is 0 Å². The number of rotatable bonds is 5. The number of hydrogen-bond donors (Lipinski definition) is 1. The molecule has 2 heterocycles. The Kier molecular flexibility index (Phi) is 5.48.